The van der Waals surface area contributed by atoms with Crippen LogP contribution in [0.15, 0.2) is 65.7 Å². The van der Waals surface area contributed by atoms with E-state index in [0.29, 0.717) is 18.0 Å². The summed E-state index contributed by atoms with van der Waals surface area (Å²) in [6.07, 6.45) is 5.80. The molecule has 0 atom stereocenters. The Balaban J connectivity index is 1.73. The van der Waals surface area contributed by atoms with E-state index in [1.165, 1.54) is 11.3 Å². The van der Waals surface area contributed by atoms with Crippen molar-refractivity contribution in [2.75, 3.05) is 6.61 Å². The van der Waals surface area contributed by atoms with Gasteiger partial charge in [-0.2, -0.15) is 4.99 Å². The van der Waals surface area contributed by atoms with Crippen LogP contribution in [-0.4, -0.2) is 17.1 Å². The molecule has 0 aliphatic carbocycles. The third-order valence-electron chi connectivity index (χ3n) is 4.66. The van der Waals surface area contributed by atoms with Crippen LogP contribution < -0.4 is 9.54 Å². The Morgan fingerprint density at radius 3 is 2.83 bits per heavy atom. The predicted octanol–water partition coefficient (Wildman–Crippen LogP) is 4.56. The molecule has 0 aliphatic rings. The summed E-state index contributed by atoms with van der Waals surface area (Å²) in [7, 11) is 0. The molecular formula is C24H20N2O2S. The van der Waals surface area contributed by atoms with Gasteiger partial charge in [-0.05, 0) is 41.5 Å². The van der Waals surface area contributed by atoms with E-state index in [0.717, 1.165) is 32.3 Å². The second kappa shape index (κ2) is 8.34. The van der Waals surface area contributed by atoms with E-state index in [1.807, 2.05) is 72.2 Å². The monoisotopic (exact) mass is 400 g/mol. The maximum Gasteiger partial charge on any atom is 0.252 e. The molecule has 0 saturated heterocycles. The number of amides is 1. The van der Waals surface area contributed by atoms with Gasteiger partial charge in [-0.1, -0.05) is 59.7 Å². The fourth-order valence-electron chi connectivity index (χ4n) is 3.40. The largest absolute Gasteiger partial charge is 0.494 e. The lowest BCUT2D eigenvalue weighted by Gasteiger charge is -2.04. The van der Waals surface area contributed by atoms with Gasteiger partial charge < -0.3 is 9.30 Å². The third-order valence-corrected chi connectivity index (χ3v) is 5.70. The second-order valence-electron chi connectivity index (χ2n) is 6.56. The predicted molar refractivity (Wildman–Crippen MR) is 118 cm³/mol. The highest BCUT2D eigenvalue weighted by molar-refractivity contribution is 7.16. The summed E-state index contributed by atoms with van der Waals surface area (Å²) in [5.74, 6) is 3.26. The molecule has 0 aliphatic heterocycles. The highest BCUT2D eigenvalue weighted by atomic mass is 32.1. The first-order valence-electron chi connectivity index (χ1n) is 9.43. The van der Waals surface area contributed by atoms with Gasteiger partial charge in [0.05, 0.1) is 29.8 Å². The maximum absolute atomic E-state index is 12.8. The Labute approximate surface area is 173 Å². The molecular weight excluding hydrogens is 380 g/mol. The molecule has 0 N–H and O–H groups in total. The first kappa shape index (κ1) is 19.0. The number of rotatable bonds is 5. The minimum atomic E-state index is -0.191. The first-order chi connectivity index (χ1) is 14.2. The van der Waals surface area contributed by atoms with E-state index >= 15 is 0 Å². The van der Waals surface area contributed by atoms with Gasteiger partial charge in [-0.15, -0.1) is 6.42 Å². The molecule has 3 aromatic carbocycles. The number of terminal acetylenes is 1. The normalized spacial score (nSPS) is 11.7. The lowest BCUT2D eigenvalue weighted by atomic mass is 10.0. The zero-order valence-electron chi connectivity index (χ0n) is 16.1. The number of hydrogen-bond acceptors (Lipinski definition) is 3. The zero-order chi connectivity index (χ0) is 20.2. The fourth-order valence-corrected chi connectivity index (χ4v) is 4.47. The average Bonchev–Trinajstić information content (AvgIpc) is 3.05. The van der Waals surface area contributed by atoms with Crippen LogP contribution in [0.2, 0.25) is 0 Å². The number of thiazole rings is 1. The number of carbonyl (C=O) groups excluding carboxylic acids is 1. The highest BCUT2D eigenvalue weighted by Crippen LogP contribution is 2.24. The molecule has 29 heavy (non-hydrogen) atoms. The summed E-state index contributed by atoms with van der Waals surface area (Å²) in [6.45, 7) is 2.90. The van der Waals surface area contributed by atoms with Crippen LogP contribution >= 0.6 is 11.3 Å². The summed E-state index contributed by atoms with van der Waals surface area (Å²) in [4.78, 5) is 17.8. The Kier molecular flexibility index (Phi) is 5.46. The number of nitrogens with zero attached hydrogens (tertiary/aromatic N) is 2. The van der Waals surface area contributed by atoms with E-state index in [1.54, 1.807) is 0 Å². The van der Waals surface area contributed by atoms with Crippen LogP contribution in [0, 0.1) is 12.3 Å². The van der Waals surface area contributed by atoms with E-state index in [9.17, 15) is 4.79 Å². The van der Waals surface area contributed by atoms with Gasteiger partial charge in [-0.3, -0.25) is 4.79 Å². The molecule has 0 saturated carbocycles. The first-order valence-corrected chi connectivity index (χ1v) is 10.2. The van der Waals surface area contributed by atoms with Gasteiger partial charge in [0.25, 0.3) is 5.91 Å². The molecule has 0 spiro atoms. The Morgan fingerprint density at radius 1 is 1.17 bits per heavy atom. The van der Waals surface area contributed by atoms with Crippen LogP contribution in [-0.2, 0) is 17.8 Å². The average molecular weight is 401 g/mol. The lowest BCUT2D eigenvalue weighted by Crippen LogP contribution is -2.17. The van der Waals surface area contributed by atoms with Gasteiger partial charge in [0.2, 0.25) is 0 Å². The van der Waals surface area contributed by atoms with Crippen LogP contribution in [0.4, 0.5) is 0 Å². The summed E-state index contributed by atoms with van der Waals surface area (Å²) < 4.78 is 8.47. The maximum atomic E-state index is 12.8. The second-order valence-corrected chi connectivity index (χ2v) is 7.57. The molecule has 0 radical (unpaired) electrons. The third kappa shape index (κ3) is 3.94. The van der Waals surface area contributed by atoms with E-state index < -0.39 is 0 Å². The quantitative estimate of drug-likeness (QED) is 0.461. The number of carbonyl (C=O) groups is 1. The van der Waals surface area contributed by atoms with Gasteiger partial charge in [0.1, 0.15) is 5.75 Å². The topological polar surface area (TPSA) is 43.6 Å². The van der Waals surface area contributed by atoms with Crippen LogP contribution in [0.25, 0.3) is 21.0 Å². The van der Waals surface area contributed by atoms with E-state index in [4.69, 9.17) is 11.2 Å². The van der Waals surface area contributed by atoms with Gasteiger partial charge in [-0.25, -0.2) is 0 Å². The van der Waals surface area contributed by atoms with Crippen molar-refractivity contribution in [3.05, 3.63) is 71.0 Å². The molecule has 4 rings (SSSR count). The van der Waals surface area contributed by atoms with Crippen molar-refractivity contribution in [3.8, 4) is 18.1 Å². The van der Waals surface area contributed by atoms with Crippen LogP contribution in [0.5, 0.6) is 5.75 Å². The van der Waals surface area contributed by atoms with Gasteiger partial charge in [0.15, 0.2) is 4.80 Å². The number of aromatic nitrogens is 1. The van der Waals surface area contributed by atoms with Crippen molar-refractivity contribution in [3.63, 3.8) is 0 Å². The molecule has 144 valence electrons. The molecule has 0 bridgehead atoms. The number of fused-ring (bicyclic) bond motifs is 2. The molecule has 1 aromatic heterocycles. The molecule has 1 amide bonds. The van der Waals surface area contributed by atoms with Crippen molar-refractivity contribution in [1.29, 1.82) is 0 Å². The fraction of sp³-hybridized carbons (Fsp3) is 0.167. The standard InChI is InChI=1S/C24H20N2O2S/c1-3-14-26-21-13-12-19(28-4-2)16-22(21)29-24(26)25-23(27)15-18-10-7-9-17-8-5-6-11-20(17)18/h1,5-13,16H,4,14-15H2,2H3. The smallest absolute Gasteiger partial charge is 0.252 e. The number of ether oxygens (including phenoxy) is 1. The lowest BCUT2D eigenvalue weighted by molar-refractivity contribution is -0.117. The summed E-state index contributed by atoms with van der Waals surface area (Å²) in [5, 5.41) is 2.19. The van der Waals surface area contributed by atoms with Crippen molar-refractivity contribution in [2.45, 2.75) is 19.9 Å². The van der Waals surface area contributed by atoms with Crippen molar-refractivity contribution in [1.82, 2.24) is 4.57 Å². The Bertz CT molecular complexity index is 1300. The Hall–Kier alpha value is -3.36. The highest BCUT2D eigenvalue weighted by Gasteiger charge is 2.10. The van der Waals surface area contributed by atoms with E-state index in [2.05, 4.69) is 10.9 Å². The van der Waals surface area contributed by atoms with Crippen LogP contribution in [0.3, 0.4) is 0 Å². The number of benzene rings is 3. The summed E-state index contributed by atoms with van der Waals surface area (Å²) in [5.41, 5.74) is 1.92. The summed E-state index contributed by atoms with van der Waals surface area (Å²) in [6, 6.07) is 19.9. The molecule has 0 fully saturated rings. The molecule has 4 aromatic rings. The molecule has 0 unspecified atom stereocenters. The van der Waals surface area contributed by atoms with Crippen molar-refractivity contribution < 1.29 is 9.53 Å². The van der Waals surface area contributed by atoms with E-state index in [-0.39, 0.29) is 12.3 Å². The zero-order valence-corrected chi connectivity index (χ0v) is 16.9. The summed E-state index contributed by atoms with van der Waals surface area (Å²) >= 11 is 1.45. The van der Waals surface area contributed by atoms with Gasteiger partial charge in [0, 0.05) is 0 Å². The van der Waals surface area contributed by atoms with Crippen molar-refractivity contribution >= 4 is 38.2 Å². The molecule has 5 heteroatoms. The van der Waals surface area contributed by atoms with Crippen LogP contribution in [0.1, 0.15) is 12.5 Å². The minimum absolute atomic E-state index is 0.191. The Morgan fingerprint density at radius 2 is 2.00 bits per heavy atom. The minimum Gasteiger partial charge on any atom is -0.494 e. The van der Waals surface area contributed by atoms with Gasteiger partial charge >= 0.3 is 0 Å². The SMILES string of the molecule is C#CCn1c(=NC(=O)Cc2cccc3ccccc23)sc2cc(OCC)ccc21. The molecule has 1 heterocycles. The molecule has 4 nitrogen and oxygen atoms in total. The number of hydrogen-bond donors (Lipinski definition) is 0. The van der Waals surface area contributed by atoms with Crippen molar-refractivity contribution in [2.24, 2.45) is 4.99 Å².